The van der Waals surface area contributed by atoms with Crippen LogP contribution >= 0.6 is 0 Å². The van der Waals surface area contributed by atoms with E-state index in [2.05, 4.69) is 29.2 Å². The van der Waals surface area contributed by atoms with Gasteiger partial charge in [0.25, 0.3) is 0 Å². The molecule has 5 rings (SSSR count). The van der Waals surface area contributed by atoms with Crippen LogP contribution in [0.1, 0.15) is 54.1 Å². The number of fused-ring (bicyclic) bond motifs is 2. The number of aromatic nitrogens is 1. The van der Waals surface area contributed by atoms with E-state index in [1.54, 1.807) is 0 Å². The molecular weight excluding hydrogens is 338 g/mol. The van der Waals surface area contributed by atoms with Crippen LogP contribution in [0, 0.1) is 11.3 Å². The summed E-state index contributed by atoms with van der Waals surface area (Å²) in [6, 6.07) is 10.9. The molecule has 0 radical (unpaired) electrons. The molecule has 2 aliphatic heterocycles. The molecule has 0 saturated carbocycles. The number of hydrogen-bond acceptors (Lipinski definition) is 5. The molecule has 1 atom stereocenters. The highest BCUT2D eigenvalue weighted by atomic mass is 16.6. The quantitative estimate of drug-likeness (QED) is 0.811. The minimum absolute atomic E-state index is 0.224. The molecule has 1 aliphatic carbocycles. The topological polar surface area (TPSA) is 58.4 Å². The average Bonchev–Trinajstić information content (AvgIpc) is 3.22. The smallest absolute Gasteiger partial charge is 0.161 e. The highest BCUT2D eigenvalue weighted by molar-refractivity contribution is 5.59. The second-order valence-corrected chi connectivity index (χ2v) is 7.54. The van der Waals surface area contributed by atoms with E-state index in [0.29, 0.717) is 18.8 Å². The standard InChI is InChI=1S/C22H23N3O2/c23-14-17-12-15-4-1-2-5-18(15)24-22(17)25-9-3-6-19(25)16-7-8-20-21(13-16)27-11-10-26-20/h7-8,12-13,19H,1-6,9-11H2. The molecule has 2 aromatic rings. The van der Waals surface area contributed by atoms with Gasteiger partial charge in [-0.1, -0.05) is 6.07 Å². The lowest BCUT2D eigenvalue weighted by molar-refractivity contribution is 0.171. The van der Waals surface area contributed by atoms with Crippen LogP contribution in [-0.4, -0.2) is 24.7 Å². The van der Waals surface area contributed by atoms with E-state index >= 15 is 0 Å². The van der Waals surface area contributed by atoms with Crippen LogP contribution < -0.4 is 14.4 Å². The van der Waals surface area contributed by atoms with Gasteiger partial charge in [-0.25, -0.2) is 4.98 Å². The summed E-state index contributed by atoms with van der Waals surface area (Å²) in [5, 5.41) is 9.74. The van der Waals surface area contributed by atoms with Crippen molar-refractivity contribution in [2.24, 2.45) is 0 Å². The van der Waals surface area contributed by atoms with Gasteiger partial charge in [0.2, 0.25) is 0 Å². The van der Waals surface area contributed by atoms with Crippen molar-refractivity contribution in [3.8, 4) is 17.6 Å². The lowest BCUT2D eigenvalue weighted by atomic mass is 9.94. The maximum absolute atomic E-state index is 9.74. The Kier molecular flexibility index (Phi) is 4.12. The summed E-state index contributed by atoms with van der Waals surface area (Å²) in [6.45, 7) is 2.13. The van der Waals surface area contributed by atoms with Crippen molar-refractivity contribution in [2.45, 2.75) is 44.6 Å². The predicted octanol–water partition coefficient (Wildman–Crippen LogP) is 3.94. The summed E-state index contributed by atoms with van der Waals surface area (Å²) in [7, 11) is 0. The first-order valence-corrected chi connectivity index (χ1v) is 9.92. The Labute approximate surface area is 159 Å². The minimum atomic E-state index is 0.224. The van der Waals surface area contributed by atoms with Crippen molar-refractivity contribution in [2.75, 3.05) is 24.7 Å². The summed E-state index contributed by atoms with van der Waals surface area (Å²) in [6.07, 6.45) is 6.62. The Hall–Kier alpha value is -2.74. The van der Waals surface area contributed by atoms with Crippen molar-refractivity contribution in [3.05, 3.63) is 46.6 Å². The zero-order valence-electron chi connectivity index (χ0n) is 15.4. The molecule has 1 fully saturated rings. The predicted molar refractivity (Wildman–Crippen MR) is 102 cm³/mol. The maximum Gasteiger partial charge on any atom is 0.161 e. The van der Waals surface area contributed by atoms with E-state index in [4.69, 9.17) is 14.5 Å². The van der Waals surface area contributed by atoms with Crippen molar-refractivity contribution < 1.29 is 9.47 Å². The Balaban J connectivity index is 1.52. The molecule has 1 unspecified atom stereocenters. The molecule has 1 aromatic heterocycles. The van der Waals surface area contributed by atoms with Crippen LogP contribution in [0.25, 0.3) is 0 Å². The Morgan fingerprint density at radius 3 is 2.78 bits per heavy atom. The van der Waals surface area contributed by atoms with Crippen molar-refractivity contribution in [1.82, 2.24) is 4.98 Å². The van der Waals surface area contributed by atoms with Crippen molar-refractivity contribution >= 4 is 5.82 Å². The van der Waals surface area contributed by atoms with Gasteiger partial charge in [0.05, 0.1) is 11.6 Å². The molecule has 138 valence electrons. The number of anilines is 1. The number of nitrogens with zero attached hydrogens (tertiary/aromatic N) is 3. The van der Waals surface area contributed by atoms with Crippen LogP contribution in [0.15, 0.2) is 24.3 Å². The van der Waals surface area contributed by atoms with Crippen LogP contribution in [0.3, 0.4) is 0 Å². The van der Waals surface area contributed by atoms with E-state index in [9.17, 15) is 5.26 Å². The summed E-state index contributed by atoms with van der Waals surface area (Å²) in [4.78, 5) is 7.30. The fourth-order valence-corrected chi connectivity index (χ4v) is 4.56. The van der Waals surface area contributed by atoms with E-state index in [-0.39, 0.29) is 6.04 Å². The number of rotatable bonds is 2. The first kappa shape index (κ1) is 16.4. The Bertz CT molecular complexity index is 919. The zero-order valence-corrected chi connectivity index (χ0v) is 15.4. The number of ether oxygens (including phenoxy) is 2. The molecule has 0 bridgehead atoms. The number of hydrogen-bond donors (Lipinski definition) is 0. The monoisotopic (exact) mass is 361 g/mol. The summed E-state index contributed by atoms with van der Waals surface area (Å²) in [5.41, 5.74) is 4.36. The third kappa shape index (κ3) is 2.90. The van der Waals surface area contributed by atoms with E-state index in [1.807, 2.05) is 6.07 Å². The number of benzene rings is 1. The molecule has 5 heteroatoms. The van der Waals surface area contributed by atoms with Gasteiger partial charge in [0.15, 0.2) is 11.5 Å². The number of aryl methyl sites for hydroxylation is 2. The fraction of sp³-hybridized carbons (Fsp3) is 0.455. The Morgan fingerprint density at radius 2 is 1.89 bits per heavy atom. The highest BCUT2D eigenvalue weighted by Crippen LogP contribution is 2.41. The average molecular weight is 361 g/mol. The molecule has 3 aliphatic rings. The third-order valence-electron chi connectivity index (χ3n) is 5.88. The molecule has 1 saturated heterocycles. The highest BCUT2D eigenvalue weighted by Gasteiger charge is 2.31. The SMILES string of the molecule is N#Cc1cc2c(nc1N1CCCC1c1ccc3c(c1)OCCO3)CCCC2. The molecule has 0 amide bonds. The summed E-state index contributed by atoms with van der Waals surface area (Å²) >= 11 is 0. The summed E-state index contributed by atoms with van der Waals surface area (Å²) in [5.74, 6) is 2.50. The van der Waals surface area contributed by atoms with Crippen LogP contribution in [0.4, 0.5) is 5.82 Å². The second kappa shape index (κ2) is 6.77. The molecule has 5 nitrogen and oxygen atoms in total. The molecule has 0 spiro atoms. The zero-order chi connectivity index (χ0) is 18.2. The largest absolute Gasteiger partial charge is 0.486 e. The normalized spacial score (nSPS) is 20.9. The van der Waals surface area contributed by atoms with Gasteiger partial charge < -0.3 is 14.4 Å². The molecule has 1 aromatic carbocycles. The molecular formula is C22H23N3O2. The van der Waals surface area contributed by atoms with Crippen molar-refractivity contribution in [3.63, 3.8) is 0 Å². The van der Waals surface area contributed by atoms with Gasteiger partial charge >= 0.3 is 0 Å². The van der Waals surface area contributed by atoms with Gasteiger partial charge in [-0.05, 0) is 67.9 Å². The number of nitriles is 1. The van der Waals surface area contributed by atoms with Crippen LogP contribution in [0.5, 0.6) is 11.5 Å². The maximum atomic E-state index is 9.74. The second-order valence-electron chi connectivity index (χ2n) is 7.54. The van der Waals surface area contributed by atoms with E-state index in [1.165, 1.54) is 29.7 Å². The minimum Gasteiger partial charge on any atom is -0.486 e. The van der Waals surface area contributed by atoms with E-state index in [0.717, 1.165) is 49.5 Å². The van der Waals surface area contributed by atoms with Crippen molar-refractivity contribution in [1.29, 1.82) is 5.26 Å². The van der Waals surface area contributed by atoms with Gasteiger partial charge in [0.1, 0.15) is 25.1 Å². The van der Waals surface area contributed by atoms with Gasteiger partial charge in [-0.2, -0.15) is 5.26 Å². The fourth-order valence-electron chi connectivity index (χ4n) is 4.56. The first-order valence-electron chi connectivity index (χ1n) is 9.92. The summed E-state index contributed by atoms with van der Waals surface area (Å²) < 4.78 is 11.4. The first-order chi connectivity index (χ1) is 13.3. The lowest BCUT2D eigenvalue weighted by Gasteiger charge is -2.29. The molecule has 3 heterocycles. The molecule has 27 heavy (non-hydrogen) atoms. The van der Waals surface area contributed by atoms with Gasteiger partial charge in [0, 0.05) is 12.2 Å². The number of pyridine rings is 1. The van der Waals surface area contributed by atoms with E-state index < -0.39 is 0 Å². The lowest BCUT2D eigenvalue weighted by Crippen LogP contribution is -2.26. The van der Waals surface area contributed by atoms with Gasteiger partial charge in [-0.3, -0.25) is 0 Å². The van der Waals surface area contributed by atoms with Crippen LogP contribution in [0.2, 0.25) is 0 Å². The Morgan fingerprint density at radius 1 is 1.04 bits per heavy atom. The molecule has 0 N–H and O–H groups in total. The van der Waals surface area contributed by atoms with Crippen LogP contribution in [-0.2, 0) is 12.8 Å². The van der Waals surface area contributed by atoms with Gasteiger partial charge in [-0.15, -0.1) is 0 Å². The third-order valence-corrected chi connectivity index (χ3v) is 5.88.